The molecule has 2 unspecified atom stereocenters. The summed E-state index contributed by atoms with van der Waals surface area (Å²) < 4.78 is 23.4. The standard InChI is InChI=1S/C33H42O11/c1-16-14-23(41-18(3)34)26(42-19(4)35)25-29(44-30(39)21-12-10-9-11-13-21)33(40)15-22(37)17(2)24(31(33,6)7)27(43-20(5)36)28(38)32(16,25)8/h9-13,16,22-23,25-27,29,37,40H,14-15H2,1-8H3/t16?,22-,23-,25?,26-,27+,29-,32+,33+/m0/s1. The van der Waals surface area contributed by atoms with Crippen molar-refractivity contribution in [2.24, 2.45) is 22.7 Å². The Morgan fingerprint density at radius 1 is 0.886 bits per heavy atom. The molecule has 44 heavy (non-hydrogen) atoms. The highest BCUT2D eigenvalue weighted by atomic mass is 16.6. The van der Waals surface area contributed by atoms with Gasteiger partial charge in [0.1, 0.15) is 23.9 Å². The van der Waals surface area contributed by atoms with Gasteiger partial charge in [-0.15, -0.1) is 0 Å². The van der Waals surface area contributed by atoms with Crippen LogP contribution in [-0.2, 0) is 38.1 Å². The molecule has 9 atom stereocenters. The molecular weight excluding hydrogens is 572 g/mol. The molecule has 240 valence electrons. The maximum atomic E-state index is 14.9. The summed E-state index contributed by atoms with van der Waals surface area (Å²) in [6.07, 6.45) is -7.10. The smallest absolute Gasteiger partial charge is 0.338 e. The van der Waals surface area contributed by atoms with E-state index < -0.39 is 88.4 Å². The Balaban J connectivity index is 2.09. The summed E-state index contributed by atoms with van der Waals surface area (Å²) in [6, 6.07) is 8.05. The van der Waals surface area contributed by atoms with Crippen LogP contribution < -0.4 is 0 Å². The Bertz CT molecular complexity index is 1380. The molecule has 2 fully saturated rings. The molecule has 0 heterocycles. The first-order chi connectivity index (χ1) is 20.4. The second-order valence-electron chi connectivity index (χ2n) is 13.1. The van der Waals surface area contributed by atoms with E-state index in [0.717, 1.165) is 13.8 Å². The van der Waals surface area contributed by atoms with Gasteiger partial charge in [0.15, 0.2) is 11.9 Å². The van der Waals surface area contributed by atoms with E-state index in [0.29, 0.717) is 5.57 Å². The molecule has 0 aliphatic heterocycles. The maximum Gasteiger partial charge on any atom is 0.338 e. The Kier molecular flexibility index (Phi) is 8.89. The molecule has 0 radical (unpaired) electrons. The van der Waals surface area contributed by atoms with Gasteiger partial charge in [0, 0.05) is 38.0 Å². The first-order valence-electron chi connectivity index (χ1n) is 14.8. The van der Waals surface area contributed by atoms with E-state index in [-0.39, 0.29) is 24.0 Å². The van der Waals surface area contributed by atoms with Crippen LogP contribution in [-0.4, -0.2) is 76.0 Å². The average molecular weight is 615 g/mol. The zero-order chi connectivity index (χ0) is 32.9. The van der Waals surface area contributed by atoms with Gasteiger partial charge in [-0.25, -0.2) is 4.79 Å². The van der Waals surface area contributed by atoms with Crippen molar-refractivity contribution in [1.82, 2.24) is 0 Å². The molecular formula is C33H42O11. The minimum absolute atomic E-state index is 0.0743. The molecule has 1 aromatic carbocycles. The van der Waals surface area contributed by atoms with Crippen LogP contribution in [0.1, 0.15) is 78.6 Å². The fraction of sp³-hybridized carbons (Fsp3) is 0.606. The van der Waals surface area contributed by atoms with Crippen LogP contribution >= 0.6 is 0 Å². The summed E-state index contributed by atoms with van der Waals surface area (Å²) in [6.45, 7) is 11.7. The van der Waals surface area contributed by atoms with Crippen molar-refractivity contribution in [3.05, 3.63) is 47.0 Å². The van der Waals surface area contributed by atoms with Gasteiger partial charge in [-0.1, -0.05) is 45.9 Å². The second-order valence-corrected chi connectivity index (χ2v) is 13.1. The lowest BCUT2D eigenvalue weighted by atomic mass is 9.46. The fourth-order valence-electron chi connectivity index (χ4n) is 7.72. The lowest BCUT2D eigenvalue weighted by molar-refractivity contribution is -0.249. The zero-order valence-corrected chi connectivity index (χ0v) is 26.4. The van der Waals surface area contributed by atoms with Crippen LogP contribution in [0.15, 0.2) is 41.5 Å². The average Bonchev–Trinajstić information content (AvgIpc) is 2.92. The number of aliphatic hydroxyl groups excluding tert-OH is 1. The molecule has 1 aromatic rings. The highest BCUT2D eigenvalue weighted by Crippen LogP contribution is 2.61. The minimum Gasteiger partial charge on any atom is -0.459 e. The molecule has 0 amide bonds. The lowest BCUT2D eigenvalue weighted by Gasteiger charge is -2.62. The summed E-state index contributed by atoms with van der Waals surface area (Å²) in [5.74, 6) is -5.51. The summed E-state index contributed by atoms with van der Waals surface area (Å²) in [4.78, 5) is 66.0. The highest BCUT2D eigenvalue weighted by molar-refractivity contribution is 5.95. The molecule has 0 saturated heterocycles. The molecule has 0 spiro atoms. The summed E-state index contributed by atoms with van der Waals surface area (Å²) in [5, 5.41) is 24.2. The molecule has 3 aliphatic carbocycles. The maximum absolute atomic E-state index is 14.9. The predicted molar refractivity (Wildman–Crippen MR) is 155 cm³/mol. The van der Waals surface area contributed by atoms with E-state index >= 15 is 0 Å². The number of carbonyl (C=O) groups is 5. The van der Waals surface area contributed by atoms with Gasteiger partial charge < -0.3 is 29.2 Å². The lowest BCUT2D eigenvalue weighted by Crippen LogP contribution is -2.73. The van der Waals surface area contributed by atoms with Crippen molar-refractivity contribution >= 4 is 29.7 Å². The van der Waals surface area contributed by atoms with E-state index in [9.17, 15) is 34.2 Å². The van der Waals surface area contributed by atoms with Gasteiger partial charge in [-0.3, -0.25) is 19.2 Å². The second kappa shape index (κ2) is 11.7. The van der Waals surface area contributed by atoms with E-state index in [1.807, 2.05) is 0 Å². The number of carbonyl (C=O) groups excluding carboxylic acids is 5. The number of benzene rings is 1. The molecule has 11 nitrogen and oxygen atoms in total. The van der Waals surface area contributed by atoms with Crippen molar-refractivity contribution in [1.29, 1.82) is 0 Å². The van der Waals surface area contributed by atoms with Crippen molar-refractivity contribution < 1.29 is 53.1 Å². The quantitative estimate of drug-likeness (QED) is 0.285. The van der Waals surface area contributed by atoms with Gasteiger partial charge in [0.25, 0.3) is 0 Å². The van der Waals surface area contributed by atoms with E-state index in [2.05, 4.69) is 0 Å². The molecule has 0 aromatic heterocycles. The monoisotopic (exact) mass is 614 g/mol. The van der Waals surface area contributed by atoms with Crippen LogP contribution in [0.5, 0.6) is 0 Å². The number of fused-ring (bicyclic) bond motifs is 3. The van der Waals surface area contributed by atoms with Crippen molar-refractivity contribution in [3.63, 3.8) is 0 Å². The Labute approximate surface area is 256 Å². The third-order valence-electron chi connectivity index (χ3n) is 10.2. The van der Waals surface area contributed by atoms with E-state index in [4.69, 9.17) is 18.9 Å². The molecule has 2 saturated carbocycles. The number of ketones is 1. The normalized spacial score (nSPS) is 36.2. The van der Waals surface area contributed by atoms with Crippen LogP contribution in [0.4, 0.5) is 0 Å². The largest absolute Gasteiger partial charge is 0.459 e. The number of aliphatic hydroxyl groups is 2. The molecule has 4 rings (SSSR count). The Hall–Kier alpha value is -3.57. The predicted octanol–water partition coefficient (Wildman–Crippen LogP) is 3.09. The van der Waals surface area contributed by atoms with Crippen LogP contribution in [0.25, 0.3) is 0 Å². The molecule has 2 bridgehead atoms. The number of ether oxygens (including phenoxy) is 4. The van der Waals surface area contributed by atoms with Crippen molar-refractivity contribution in [2.45, 2.75) is 104 Å². The number of hydrogen-bond acceptors (Lipinski definition) is 11. The number of hydrogen-bond donors (Lipinski definition) is 2. The number of Topliss-reactive ketones (excluding diaryl/α,β-unsaturated/α-hetero) is 1. The first kappa shape index (κ1) is 33.3. The third-order valence-corrected chi connectivity index (χ3v) is 10.2. The highest BCUT2D eigenvalue weighted by Gasteiger charge is 2.71. The first-order valence-corrected chi connectivity index (χ1v) is 14.8. The zero-order valence-electron chi connectivity index (χ0n) is 26.4. The summed E-state index contributed by atoms with van der Waals surface area (Å²) in [5.41, 5.74) is -4.39. The molecule has 11 heteroatoms. The van der Waals surface area contributed by atoms with Gasteiger partial charge in [0.2, 0.25) is 0 Å². The van der Waals surface area contributed by atoms with Gasteiger partial charge in [-0.05, 0) is 42.5 Å². The Morgan fingerprint density at radius 3 is 2.00 bits per heavy atom. The summed E-state index contributed by atoms with van der Waals surface area (Å²) in [7, 11) is 0. The topological polar surface area (TPSA) is 163 Å². The fourth-order valence-corrected chi connectivity index (χ4v) is 7.72. The van der Waals surface area contributed by atoms with Gasteiger partial charge >= 0.3 is 23.9 Å². The third kappa shape index (κ3) is 5.34. The molecule has 3 aliphatic rings. The van der Waals surface area contributed by atoms with E-state index in [1.54, 1.807) is 52.8 Å². The van der Waals surface area contributed by atoms with Crippen LogP contribution in [0.3, 0.4) is 0 Å². The van der Waals surface area contributed by atoms with Crippen molar-refractivity contribution in [2.75, 3.05) is 0 Å². The SMILES string of the molecule is CC(=O)O[C@H]1C(=O)[C@]2(C)C(C)C[C@H](OC(C)=O)[C@H](OC(C)=O)C2[C@H](OC(=O)c2ccccc2)[C@]2(O)C[C@H](O)C(C)=C1C2(C)C. The number of rotatable bonds is 5. The van der Waals surface area contributed by atoms with E-state index in [1.165, 1.54) is 19.1 Å². The molecule has 2 N–H and O–H groups in total. The van der Waals surface area contributed by atoms with Gasteiger partial charge in [-0.2, -0.15) is 0 Å². The van der Waals surface area contributed by atoms with Crippen LogP contribution in [0.2, 0.25) is 0 Å². The van der Waals surface area contributed by atoms with Crippen LogP contribution in [0, 0.1) is 22.7 Å². The van der Waals surface area contributed by atoms with Crippen molar-refractivity contribution in [3.8, 4) is 0 Å². The minimum atomic E-state index is -2.10. The number of esters is 4. The van der Waals surface area contributed by atoms with Gasteiger partial charge in [0.05, 0.1) is 17.6 Å². The Morgan fingerprint density at radius 2 is 1.45 bits per heavy atom. The summed E-state index contributed by atoms with van der Waals surface area (Å²) >= 11 is 0.